The third-order valence-electron chi connectivity index (χ3n) is 4.24. The van der Waals surface area contributed by atoms with Crippen molar-refractivity contribution in [1.29, 1.82) is 0 Å². The standard InChI is InChI=1S/C16H23FN2O.ClH/c1-11(13-6-8-18-9-7-13)10-16(20)19-15-5-3-4-14(17)12(15)2;/h3-5,11,13,18H,6-10H2,1-2H3,(H,19,20);1H. The lowest BCUT2D eigenvalue weighted by Crippen LogP contribution is -2.32. The summed E-state index contributed by atoms with van der Waals surface area (Å²) < 4.78 is 13.4. The van der Waals surface area contributed by atoms with Gasteiger partial charge in [-0.2, -0.15) is 0 Å². The van der Waals surface area contributed by atoms with Crippen LogP contribution in [0.4, 0.5) is 10.1 Å². The molecule has 0 spiro atoms. The fourth-order valence-electron chi connectivity index (χ4n) is 2.82. The van der Waals surface area contributed by atoms with Crippen LogP contribution in [0.1, 0.15) is 31.7 Å². The van der Waals surface area contributed by atoms with Gasteiger partial charge in [0.05, 0.1) is 0 Å². The molecule has 1 amide bonds. The molecule has 2 N–H and O–H groups in total. The van der Waals surface area contributed by atoms with Crippen LogP contribution in [0, 0.1) is 24.6 Å². The number of rotatable bonds is 4. The summed E-state index contributed by atoms with van der Waals surface area (Å²) in [5.41, 5.74) is 1.07. The monoisotopic (exact) mass is 314 g/mol. The second-order valence-electron chi connectivity index (χ2n) is 5.73. The zero-order valence-corrected chi connectivity index (χ0v) is 13.4. The second-order valence-corrected chi connectivity index (χ2v) is 5.73. The van der Waals surface area contributed by atoms with E-state index in [-0.39, 0.29) is 24.1 Å². The fraction of sp³-hybridized carbons (Fsp3) is 0.562. The van der Waals surface area contributed by atoms with E-state index in [1.807, 2.05) is 0 Å². The smallest absolute Gasteiger partial charge is 0.224 e. The highest BCUT2D eigenvalue weighted by atomic mass is 35.5. The van der Waals surface area contributed by atoms with Crippen LogP contribution in [0.15, 0.2) is 18.2 Å². The van der Waals surface area contributed by atoms with E-state index in [9.17, 15) is 9.18 Å². The summed E-state index contributed by atoms with van der Waals surface area (Å²) in [5.74, 6) is 0.667. The molecule has 3 nitrogen and oxygen atoms in total. The summed E-state index contributed by atoms with van der Waals surface area (Å²) in [4.78, 5) is 12.1. The van der Waals surface area contributed by atoms with E-state index in [4.69, 9.17) is 0 Å². The number of carbonyl (C=O) groups excluding carboxylic acids is 1. The molecule has 1 heterocycles. The normalized spacial score (nSPS) is 16.9. The molecule has 1 aliphatic heterocycles. The fourth-order valence-corrected chi connectivity index (χ4v) is 2.82. The van der Waals surface area contributed by atoms with Gasteiger partial charge in [-0.25, -0.2) is 4.39 Å². The van der Waals surface area contributed by atoms with Crippen LogP contribution < -0.4 is 10.6 Å². The molecule has 0 aromatic heterocycles. The van der Waals surface area contributed by atoms with Crippen molar-refractivity contribution in [2.24, 2.45) is 11.8 Å². The summed E-state index contributed by atoms with van der Waals surface area (Å²) in [6.07, 6.45) is 2.77. The van der Waals surface area contributed by atoms with Gasteiger partial charge in [-0.3, -0.25) is 4.79 Å². The van der Waals surface area contributed by atoms with Crippen LogP contribution in [0.2, 0.25) is 0 Å². The van der Waals surface area contributed by atoms with Gasteiger partial charge in [0.25, 0.3) is 0 Å². The number of nitrogens with one attached hydrogen (secondary N) is 2. The van der Waals surface area contributed by atoms with E-state index in [0.717, 1.165) is 25.9 Å². The first-order valence-corrected chi connectivity index (χ1v) is 7.33. The first-order valence-electron chi connectivity index (χ1n) is 7.33. The van der Waals surface area contributed by atoms with Gasteiger partial charge in [0, 0.05) is 17.7 Å². The Hall–Kier alpha value is -1.13. The number of carbonyl (C=O) groups is 1. The number of hydrogen-bond donors (Lipinski definition) is 2. The largest absolute Gasteiger partial charge is 0.326 e. The van der Waals surface area contributed by atoms with Crippen molar-refractivity contribution in [3.63, 3.8) is 0 Å². The average molecular weight is 315 g/mol. The first-order chi connectivity index (χ1) is 9.58. The highest BCUT2D eigenvalue weighted by molar-refractivity contribution is 5.91. The summed E-state index contributed by atoms with van der Waals surface area (Å²) in [5, 5.41) is 6.16. The van der Waals surface area contributed by atoms with Gasteiger partial charge in [-0.15, -0.1) is 12.4 Å². The molecule has 2 rings (SSSR count). The molecule has 1 aliphatic rings. The quantitative estimate of drug-likeness (QED) is 0.893. The van der Waals surface area contributed by atoms with Gasteiger partial charge < -0.3 is 10.6 Å². The maximum atomic E-state index is 13.4. The number of piperidine rings is 1. The van der Waals surface area contributed by atoms with Gasteiger partial charge >= 0.3 is 0 Å². The van der Waals surface area contributed by atoms with Gasteiger partial charge in [0.2, 0.25) is 5.91 Å². The summed E-state index contributed by atoms with van der Waals surface area (Å²) in [6.45, 7) is 5.90. The van der Waals surface area contributed by atoms with E-state index in [1.165, 1.54) is 6.07 Å². The van der Waals surface area contributed by atoms with Crippen LogP contribution in [0.5, 0.6) is 0 Å². The van der Waals surface area contributed by atoms with Crippen molar-refractivity contribution in [3.05, 3.63) is 29.6 Å². The minimum Gasteiger partial charge on any atom is -0.326 e. The predicted octanol–water partition coefficient (Wildman–Crippen LogP) is 3.52. The van der Waals surface area contributed by atoms with Crippen molar-refractivity contribution in [2.75, 3.05) is 18.4 Å². The Labute approximate surface area is 132 Å². The van der Waals surface area contributed by atoms with Crippen molar-refractivity contribution < 1.29 is 9.18 Å². The Balaban J connectivity index is 0.00000220. The molecule has 1 atom stereocenters. The maximum absolute atomic E-state index is 13.4. The lowest BCUT2D eigenvalue weighted by molar-refractivity contribution is -0.117. The van der Waals surface area contributed by atoms with Gasteiger partial charge in [0.15, 0.2) is 0 Å². The molecular formula is C16H24ClFN2O. The molecule has 5 heteroatoms. The molecule has 1 aromatic carbocycles. The van der Waals surface area contributed by atoms with E-state index < -0.39 is 0 Å². The van der Waals surface area contributed by atoms with E-state index in [0.29, 0.717) is 29.5 Å². The zero-order chi connectivity index (χ0) is 14.5. The predicted molar refractivity (Wildman–Crippen MR) is 86.4 cm³/mol. The van der Waals surface area contributed by atoms with E-state index >= 15 is 0 Å². The Morgan fingerprint density at radius 3 is 2.76 bits per heavy atom. The lowest BCUT2D eigenvalue weighted by atomic mass is 9.84. The van der Waals surface area contributed by atoms with Crippen LogP contribution >= 0.6 is 12.4 Å². The topological polar surface area (TPSA) is 41.1 Å². The molecule has 118 valence electrons. The minimum absolute atomic E-state index is 0. The summed E-state index contributed by atoms with van der Waals surface area (Å²) >= 11 is 0. The van der Waals surface area contributed by atoms with Gasteiger partial charge in [-0.1, -0.05) is 13.0 Å². The van der Waals surface area contributed by atoms with Gasteiger partial charge in [0.1, 0.15) is 5.82 Å². The molecule has 1 unspecified atom stereocenters. The molecule has 21 heavy (non-hydrogen) atoms. The Morgan fingerprint density at radius 1 is 1.43 bits per heavy atom. The number of halogens is 2. The molecule has 1 saturated heterocycles. The number of amides is 1. The van der Waals surface area contributed by atoms with Crippen LogP contribution in [-0.2, 0) is 4.79 Å². The van der Waals surface area contributed by atoms with Crippen molar-refractivity contribution in [3.8, 4) is 0 Å². The summed E-state index contributed by atoms with van der Waals surface area (Å²) in [6, 6.07) is 4.77. The zero-order valence-electron chi connectivity index (χ0n) is 12.6. The number of hydrogen-bond acceptors (Lipinski definition) is 2. The third kappa shape index (κ3) is 4.97. The van der Waals surface area contributed by atoms with Gasteiger partial charge in [-0.05, 0) is 56.8 Å². The SMILES string of the molecule is Cc1c(F)cccc1NC(=O)CC(C)C1CCNCC1.Cl. The molecule has 0 aliphatic carbocycles. The van der Waals surface area contributed by atoms with Crippen molar-refractivity contribution in [2.45, 2.75) is 33.1 Å². The molecule has 1 fully saturated rings. The minimum atomic E-state index is -0.283. The molecule has 1 aromatic rings. The average Bonchev–Trinajstić information content (AvgIpc) is 2.45. The van der Waals surface area contributed by atoms with Crippen LogP contribution in [0.3, 0.4) is 0 Å². The van der Waals surface area contributed by atoms with E-state index in [2.05, 4.69) is 17.6 Å². The second kappa shape index (κ2) is 8.35. The Morgan fingerprint density at radius 2 is 2.10 bits per heavy atom. The molecular weight excluding hydrogens is 291 g/mol. The van der Waals surface area contributed by atoms with Crippen LogP contribution in [-0.4, -0.2) is 19.0 Å². The number of anilines is 1. The summed E-state index contributed by atoms with van der Waals surface area (Å²) in [7, 11) is 0. The Bertz CT molecular complexity index is 475. The first kappa shape index (κ1) is 17.9. The maximum Gasteiger partial charge on any atom is 0.224 e. The highest BCUT2D eigenvalue weighted by Crippen LogP contribution is 2.25. The molecule has 0 bridgehead atoms. The van der Waals surface area contributed by atoms with Crippen LogP contribution in [0.25, 0.3) is 0 Å². The lowest BCUT2D eigenvalue weighted by Gasteiger charge is -2.27. The van der Waals surface area contributed by atoms with E-state index in [1.54, 1.807) is 19.1 Å². The third-order valence-corrected chi connectivity index (χ3v) is 4.24. The number of benzene rings is 1. The van der Waals surface area contributed by atoms with Crippen molar-refractivity contribution >= 4 is 24.0 Å². The highest BCUT2D eigenvalue weighted by Gasteiger charge is 2.22. The van der Waals surface area contributed by atoms with Crippen molar-refractivity contribution in [1.82, 2.24) is 5.32 Å². The molecule has 0 radical (unpaired) electrons. The Kier molecular flexibility index (Phi) is 7.12. The molecule has 0 saturated carbocycles.